The fraction of sp³-hybridized carbons (Fsp3) is 0.105. The molecule has 0 unspecified atom stereocenters. The molecule has 0 fully saturated rings. The molecule has 0 aromatic heterocycles. The monoisotopic (exact) mass is 407 g/mol. The summed E-state index contributed by atoms with van der Waals surface area (Å²) >= 11 is 11.8. The van der Waals surface area contributed by atoms with Crippen LogP contribution in [0.5, 0.6) is 0 Å². The molecule has 3 aromatic carbocycles. The number of fused-ring (bicyclic) bond motifs is 1. The van der Waals surface area contributed by atoms with Crippen LogP contribution in [0, 0.1) is 0 Å². The minimum Gasteiger partial charge on any atom is -0.294 e. The number of rotatable bonds is 5. The zero-order valence-electron chi connectivity index (χ0n) is 13.8. The molecule has 7 heteroatoms. The minimum atomic E-state index is -3.84. The number of carbonyl (C=O) groups is 1. The Bertz CT molecular complexity index is 1090. The lowest BCUT2D eigenvalue weighted by atomic mass is 10.00. The van der Waals surface area contributed by atoms with Gasteiger partial charge in [-0.05, 0) is 41.1 Å². The summed E-state index contributed by atoms with van der Waals surface area (Å²) in [7, 11) is -3.84. The van der Waals surface area contributed by atoms with Crippen LogP contribution in [-0.4, -0.2) is 14.2 Å². The van der Waals surface area contributed by atoms with Gasteiger partial charge >= 0.3 is 0 Å². The number of anilines is 1. The molecule has 0 amide bonds. The van der Waals surface area contributed by atoms with E-state index in [0.29, 0.717) is 17.7 Å². The summed E-state index contributed by atoms with van der Waals surface area (Å²) in [6.07, 6.45) is 0.406. The lowest BCUT2D eigenvalue weighted by Crippen LogP contribution is -2.13. The van der Waals surface area contributed by atoms with E-state index in [1.807, 2.05) is 6.07 Å². The molecular formula is C19H15Cl2NO3S. The van der Waals surface area contributed by atoms with Crippen LogP contribution in [0.4, 0.5) is 5.69 Å². The van der Waals surface area contributed by atoms with Gasteiger partial charge in [-0.15, -0.1) is 0 Å². The number of hydrogen-bond acceptors (Lipinski definition) is 3. The van der Waals surface area contributed by atoms with E-state index in [1.165, 1.54) is 18.2 Å². The van der Waals surface area contributed by atoms with Crippen molar-refractivity contribution in [2.75, 3.05) is 4.72 Å². The fourth-order valence-electron chi connectivity index (χ4n) is 2.68. The van der Waals surface area contributed by atoms with Crippen molar-refractivity contribution in [3.8, 4) is 0 Å². The SMILES string of the molecule is CCC(=O)c1cccc2cc(NS(=O)(=O)c3cc(Cl)cc(Cl)c3)ccc12. The molecule has 0 aliphatic carbocycles. The van der Waals surface area contributed by atoms with Crippen LogP contribution in [0.15, 0.2) is 59.5 Å². The molecule has 0 saturated carbocycles. The van der Waals surface area contributed by atoms with E-state index in [1.54, 1.807) is 37.3 Å². The number of Topliss-reactive ketones (excluding diaryl/α,β-unsaturated/α-hetero) is 1. The molecule has 0 spiro atoms. The van der Waals surface area contributed by atoms with Gasteiger partial charge < -0.3 is 0 Å². The first-order valence-corrected chi connectivity index (χ1v) is 10.1. The molecule has 0 heterocycles. The van der Waals surface area contributed by atoms with E-state index in [2.05, 4.69) is 4.72 Å². The van der Waals surface area contributed by atoms with Crippen molar-refractivity contribution in [1.29, 1.82) is 0 Å². The van der Waals surface area contributed by atoms with Crippen molar-refractivity contribution in [1.82, 2.24) is 0 Å². The van der Waals surface area contributed by atoms with Gasteiger partial charge in [0.1, 0.15) is 0 Å². The molecule has 3 aromatic rings. The highest BCUT2D eigenvalue weighted by molar-refractivity contribution is 7.92. The second kappa shape index (κ2) is 7.27. The van der Waals surface area contributed by atoms with Gasteiger partial charge in [0.05, 0.1) is 4.90 Å². The third-order valence-electron chi connectivity index (χ3n) is 3.90. The summed E-state index contributed by atoms with van der Waals surface area (Å²) in [5.74, 6) is 0.0394. The average molecular weight is 408 g/mol. The first kappa shape index (κ1) is 18.7. The van der Waals surface area contributed by atoms with Gasteiger partial charge in [0.2, 0.25) is 0 Å². The Morgan fingerprint density at radius 3 is 2.35 bits per heavy atom. The number of ketones is 1. The summed E-state index contributed by atoms with van der Waals surface area (Å²) in [5.41, 5.74) is 1.01. The van der Waals surface area contributed by atoms with Gasteiger partial charge in [-0.2, -0.15) is 0 Å². The van der Waals surface area contributed by atoms with Crippen molar-refractivity contribution in [3.05, 3.63) is 70.2 Å². The van der Waals surface area contributed by atoms with Crippen LogP contribution in [0.1, 0.15) is 23.7 Å². The Morgan fingerprint density at radius 2 is 1.69 bits per heavy atom. The summed E-state index contributed by atoms with van der Waals surface area (Å²) in [6, 6.07) is 14.5. The molecule has 0 bridgehead atoms. The van der Waals surface area contributed by atoms with Crippen molar-refractivity contribution in [2.45, 2.75) is 18.2 Å². The standard InChI is InChI=1S/C19H15Cl2NO3S/c1-2-19(23)18-5-3-4-12-8-15(6-7-17(12)18)22-26(24,25)16-10-13(20)9-14(21)11-16/h3-11,22H,2H2,1H3. The summed E-state index contributed by atoms with van der Waals surface area (Å²) in [6.45, 7) is 1.81. The van der Waals surface area contributed by atoms with Gasteiger partial charge in [0.25, 0.3) is 10.0 Å². The molecule has 134 valence electrons. The summed E-state index contributed by atoms with van der Waals surface area (Å²) < 4.78 is 27.7. The van der Waals surface area contributed by atoms with Gasteiger partial charge in [-0.1, -0.05) is 54.4 Å². The van der Waals surface area contributed by atoms with Crippen LogP contribution >= 0.6 is 23.2 Å². The molecule has 0 aliphatic rings. The Kier molecular flexibility index (Phi) is 5.23. The second-order valence-corrected chi connectivity index (χ2v) is 8.28. The van der Waals surface area contributed by atoms with E-state index in [9.17, 15) is 13.2 Å². The minimum absolute atomic E-state index is 0.0231. The topological polar surface area (TPSA) is 63.2 Å². The highest BCUT2D eigenvalue weighted by atomic mass is 35.5. The van der Waals surface area contributed by atoms with Gasteiger partial charge in [-0.3, -0.25) is 9.52 Å². The van der Waals surface area contributed by atoms with Crippen LogP contribution in [0.2, 0.25) is 10.0 Å². The van der Waals surface area contributed by atoms with E-state index >= 15 is 0 Å². The normalized spacial score (nSPS) is 11.5. The Morgan fingerprint density at radius 1 is 1.00 bits per heavy atom. The van der Waals surface area contributed by atoms with Gasteiger partial charge in [-0.25, -0.2) is 8.42 Å². The van der Waals surface area contributed by atoms with Crippen molar-refractivity contribution in [3.63, 3.8) is 0 Å². The highest BCUT2D eigenvalue weighted by Gasteiger charge is 2.16. The number of nitrogens with one attached hydrogen (secondary N) is 1. The third-order valence-corrected chi connectivity index (χ3v) is 5.70. The van der Waals surface area contributed by atoms with Crippen molar-refractivity contribution >= 4 is 55.5 Å². The number of hydrogen-bond donors (Lipinski definition) is 1. The lowest BCUT2D eigenvalue weighted by Gasteiger charge is -2.11. The van der Waals surface area contributed by atoms with Crippen LogP contribution in [-0.2, 0) is 10.0 Å². The summed E-state index contributed by atoms with van der Waals surface area (Å²) in [4.78, 5) is 12.0. The van der Waals surface area contributed by atoms with E-state index in [4.69, 9.17) is 23.2 Å². The maximum Gasteiger partial charge on any atom is 0.261 e. The average Bonchev–Trinajstić information content (AvgIpc) is 2.59. The number of benzene rings is 3. The molecule has 0 radical (unpaired) electrons. The Hall–Kier alpha value is -2.08. The quantitative estimate of drug-likeness (QED) is 0.564. The predicted octanol–water partition coefficient (Wildman–Crippen LogP) is 5.54. The molecule has 4 nitrogen and oxygen atoms in total. The zero-order valence-corrected chi connectivity index (χ0v) is 16.1. The molecule has 26 heavy (non-hydrogen) atoms. The Labute approximate surface area is 161 Å². The van der Waals surface area contributed by atoms with Crippen molar-refractivity contribution in [2.24, 2.45) is 0 Å². The number of carbonyl (C=O) groups excluding carboxylic acids is 1. The van der Waals surface area contributed by atoms with Gasteiger partial charge in [0, 0.05) is 27.7 Å². The smallest absolute Gasteiger partial charge is 0.261 e. The van der Waals surface area contributed by atoms with Crippen LogP contribution in [0.3, 0.4) is 0 Å². The van der Waals surface area contributed by atoms with Gasteiger partial charge in [0.15, 0.2) is 5.78 Å². The molecule has 0 atom stereocenters. The predicted molar refractivity (Wildman–Crippen MR) is 106 cm³/mol. The molecule has 0 aliphatic heterocycles. The molecule has 3 rings (SSSR count). The van der Waals surface area contributed by atoms with Crippen molar-refractivity contribution < 1.29 is 13.2 Å². The van der Waals surface area contributed by atoms with Crippen LogP contribution in [0.25, 0.3) is 10.8 Å². The first-order valence-electron chi connectivity index (χ1n) is 7.85. The second-order valence-electron chi connectivity index (χ2n) is 5.73. The largest absolute Gasteiger partial charge is 0.294 e. The third kappa shape index (κ3) is 3.85. The number of sulfonamides is 1. The summed E-state index contributed by atoms with van der Waals surface area (Å²) in [5, 5.41) is 2.03. The molecular weight excluding hydrogens is 393 g/mol. The molecule has 1 N–H and O–H groups in total. The molecule has 0 saturated heterocycles. The highest BCUT2D eigenvalue weighted by Crippen LogP contribution is 2.27. The fourth-order valence-corrected chi connectivity index (χ4v) is 4.45. The maximum atomic E-state index is 12.6. The number of halogens is 2. The maximum absolute atomic E-state index is 12.6. The Balaban J connectivity index is 2.00. The first-order chi connectivity index (χ1) is 12.3. The van der Waals surface area contributed by atoms with Crippen LogP contribution < -0.4 is 4.72 Å². The zero-order chi connectivity index (χ0) is 18.9. The lowest BCUT2D eigenvalue weighted by molar-refractivity contribution is 0.0989. The van der Waals surface area contributed by atoms with E-state index < -0.39 is 10.0 Å². The van der Waals surface area contributed by atoms with E-state index in [-0.39, 0.29) is 20.7 Å². The van der Waals surface area contributed by atoms with E-state index in [0.717, 1.165) is 10.8 Å².